The van der Waals surface area contributed by atoms with Gasteiger partial charge >= 0.3 is 0 Å². The fraction of sp³-hybridized carbons (Fsp3) is 0.394. The highest BCUT2D eigenvalue weighted by atomic mass is 79.9. The summed E-state index contributed by atoms with van der Waals surface area (Å²) in [5.41, 5.74) is 7.00. The molecule has 2 aromatic carbocycles. The van der Waals surface area contributed by atoms with Gasteiger partial charge in [0.1, 0.15) is 11.5 Å². The Morgan fingerprint density at radius 1 is 1.05 bits per heavy atom. The summed E-state index contributed by atoms with van der Waals surface area (Å²) in [5.74, 6) is 1.76. The van der Waals surface area contributed by atoms with Crippen LogP contribution in [0.15, 0.2) is 83.0 Å². The van der Waals surface area contributed by atoms with Crippen molar-refractivity contribution in [3.05, 3.63) is 99.7 Å². The standard InChI is InChI=1S/C33H42BrNO2/c1-10-11-20-35-30-18-17-27(37-9)22-29(30)33(6,7)31(35)19-15-25(34)14-13-24(3)32(4,5)28-21-26(36-8)16-12-23(28)2/h12-19,21-22H,3,10-11,20H2,1-2,4-9H3/b14-13+,25-15-,31-19+. The molecule has 3 rings (SSSR count). The van der Waals surface area contributed by atoms with Gasteiger partial charge in [-0.25, -0.2) is 0 Å². The Morgan fingerprint density at radius 3 is 2.35 bits per heavy atom. The van der Waals surface area contributed by atoms with Crippen molar-refractivity contribution in [2.45, 2.75) is 65.2 Å². The molecule has 0 saturated heterocycles. The molecular formula is C33H42BrNO2. The summed E-state index contributed by atoms with van der Waals surface area (Å²) in [6.45, 7) is 18.8. The molecule has 0 N–H and O–H groups in total. The maximum Gasteiger partial charge on any atom is 0.119 e. The number of ether oxygens (including phenoxy) is 2. The number of nitrogens with zero attached hydrogens (tertiary/aromatic N) is 1. The first-order valence-electron chi connectivity index (χ1n) is 13.0. The number of hydrogen-bond acceptors (Lipinski definition) is 3. The van der Waals surface area contributed by atoms with Gasteiger partial charge in [0.25, 0.3) is 0 Å². The van der Waals surface area contributed by atoms with E-state index in [0.717, 1.165) is 40.9 Å². The third kappa shape index (κ3) is 6.06. The summed E-state index contributed by atoms with van der Waals surface area (Å²) in [5, 5.41) is 0. The van der Waals surface area contributed by atoms with Crippen molar-refractivity contribution in [2.75, 3.05) is 25.7 Å². The lowest BCUT2D eigenvalue weighted by atomic mass is 9.76. The lowest BCUT2D eigenvalue weighted by molar-refractivity contribution is 0.413. The van der Waals surface area contributed by atoms with E-state index in [1.165, 1.54) is 28.1 Å². The summed E-state index contributed by atoms with van der Waals surface area (Å²) >= 11 is 3.77. The van der Waals surface area contributed by atoms with Crippen molar-refractivity contribution >= 4 is 21.6 Å². The van der Waals surface area contributed by atoms with Crippen LogP contribution in [-0.2, 0) is 10.8 Å². The molecular weight excluding hydrogens is 522 g/mol. The third-order valence-electron chi connectivity index (χ3n) is 7.60. The molecule has 4 heteroatoms. The fourth-order valence-corrected chi connectivity index (χ4v) is 5.28. The van der Waals surface area contributed by atoms with E-state index in [4.69, 9.17) is 9.47 Å². The van der Waals surface area contributed by atoms with Crippen LogP contribution in [0.25, 0.3) is 0 Å². The number of anilines is 1. The first-order valence-corrected chi connectivity index (χ1v) is 13.8. The Morgan fingerprint density at radius 2 is 1.70 bits per heavy atom. The van der Waals surface area contributed by atoms with Gasteiger partial charge in [-0.2, -0.15) is 0 Å². The van der Waals surface area contributed by atoms with Crippen LogP contribution in [0, 0.1) is 6.92 Å². The smallest absolute Gasteiger partial charge is 0.119 e. The molecule has 1 aliphatic heterocycles. The fourth-order valence-electron chi connectivity index (χ4n) is 5.02. The Balaban J connectivity index is 1.89. The summed E-state index contributed by atoms with van der Waals surface area (Å²) < 4.78 is 12.0. The molecule has 0 atom stereocenters. The van der Waals surface area contributed by atoms with E-state index in [9.17, 15) is 0 Å². The number of unbranched alkanes of at least 4 members (excludes halogenated alkanes) is 1. The molecule has 37 heavy (non-hydrogen) atoms. The normalized spacial score (nSPS) is 16.4. The highest BCUT2D eigenvalue weighted by Gasteiger charge is 2.39. The molecule has 0 aliphatic carbocycles. The van der Waals surface area contributed by atoms with Gasteiger partial charge in [-0.3, -0.25) is 0 Å². The Labute approximate surface area is 232 Å². The first-order chi connectivity index (χ1) is 17.5. The summed E-state index contributed by atoms with van der Waals surface area (Å²) in [6.07, 6.45) is 10.9. The van der Waals surface area contributed by atoms with Crippen molar-refractivity contribution in [1.29, 1.82) is 0 Å². The van der Waals surface area contributed by atoms with Crippen LogP contribution in [-0.4, -0.2) is 20.8 Å². The second-order valence-corrected chi connectivity index (χ2v) is 11.7. The minimum absolute atomic E-state index is 0.124. The molecule has 1 heterocycles. The van der Waals surface area contributed by atoms with E-state index in [-0.39, 0.29) is 10.8 Å². The van der Waals surface area contributed by atoms with E-state index in [0.29, 0.717) is 0 Å². The molecule has 0 aromatic heterocycles. The van der Waals surface area contributed by atoms with Crippen molar-refractivity contribution in [2.24, 2.45) is 0 Å². The second-order valence-electron chi connectivity index (χ2n) is 10.8. The van der Waals surface area contributed by atoms with Gasteiger partial charge in [-0.05, 0) is 84.2 Å². The van der Waals surface area contributed by atoms with Crippen molar-refractivity contribution in [3.8, 4) is 11.5 Å². The maximum absolute atomic E-state index is 5.53. The maximum atomic E-state index is 5.53. The number of hydrogen-bond donors (Lipinski definition) is 0. The zero-order valence-corrected chi connectivity index (χ0v) is 25.3. The lowest BCUT2D eigenvalue weighted by Gasteiger charge is -2.28. The molecule has 0 amide bonds. The SMILES string of the molecule is C=C(/C=C/C(Br)=C/C=C1/N(CCCC)c2ccc(OC)cc2C1(C)C)C(C)(C)c1cc(OC)ccc1C. The van der Waals surface area contributed by atoms with Gasteiger partial charge in [-0.15, -0.1) is 0 Å². The predicted molar refractivity (Wildman–Crippen MR) is 162 cm³/mol. The zero-order chi connectivity index (χ0) is 27.4. The van der Waals surface area contributed by atoms with E-state index < -0.39 is 0 Å². The molecule has 0 spiro atoms. The predicted octanol–water partition coefficient (Wildman–Crippen LogP) is 9.16. The lowest BCUT2D eigenvalue weighted by Crippen LogP contribution is -2.26. The summed E-state index contributed by atoms with van der Waals surface area (Å²) in [7, 11) is 3.43. The molecule has 198 valence electrons. The number of halogens is 1. The molecule has 0 fully saturated rings. The monoisotopic (exact) mass is 563 g/mol. The van der Waals surface area contributed by atoms with Crippen molar-refractivity contribution < 1.29 is 9.47 Å². The second kappa shape index (κ2) is 11.8. The number of rotatable bonds is 10. The van der Waals surface area contributed by atoms with Crippen LogP contribution in [0.3, 0.4) is 0 Å². The largest absolute Gasteiger partial charge is 0.497 e. The third-order valence-corrected chi connectivity index (χ3v) is 8.13. The minimum atomic E-state index is -0.230. The average Bonchev–Trinajstić information content (AvgIpc) is 3.09. The molecule has 0 radical (unpaired) electrons. The van der Waals surface area contributed by atoms with E-state index in [1.807, 2.05) is 6.07 Å². The number of benzene rings is 2. The van der Waals surface area contributed by atoms with Crippen molar-refractivity contribution in [1.82, 2.24) is 0 Å². The van der Waals surface area contributed by atoms with Crippen LogP contribution in [0.5, 0.6) is 11.5 Å². The van der Waals surface area contributed by atoms with Gasteiger partial charge in [0.05, 0.1) is 14.2 Å². The van der Waals surface area contributed by atoms with Crippen LogP contribution in [0.1, 0.15) is 64.2 Å². The van der Waals surface area contributed by atoms with Crippen molar-refractivity contribution in [3.63, 3.8) is 0 Å². The van der Waals surface area contributed by atoms with Gasteiger partial charge in [-0.1, -0.05) is 75.7 Å². The van der Waals surface area contributed by atoms with E-state index in [2.05, 4.69) is 124 Å². The molecule has 0 bridgehead atoms. The van der Waals surface area contributed by atoms with Gasteiger partial charge < -0.3 is 14.4 Å². The Bertz CT molecular complexity index is 1230. The Hall–Kier alpha value is -2.72. The van der Waals surface area contributed by atoms with Gasteiger partial charge in [0.15, 0.2) is 0 Å². The topological polar surface area (TPSA) is 21.7 Å². The van der Waals surface area contributed by atoms with Crippen LogP contribution in [0.2, 0.25) is 0 Å². The first kappa shape index (κ1) is 28.8. The number of allylic oxidation sites excluding steroid dienone is 7. The Kier molecular flexibility index (Phi) is 9.18. The van der Waals surface area contributed by atoms with Crippen LogP contribution >= 0.6 is 15.9 Å². The van der Waals surface area contributed by atoms with Crippen LogP contribution in [0.4, 0.5) is 5.69 Å². The molecule has 0 unspecified atom stereocenters. The molecule has 2 aromatic rings. The highest BCUT2D eigenvalue weighted by molar-refractivity contribution is 9.11. The van der Waals surface area contributed by atoms with Gasteiger partial charge in [0, 0.05) is 33.2 Å². The number of fused-ring (bicyclic) bond motifs is 1. The molecule has 1 aliphatic rings. The number of methoxy groups -OCH3 is 2. The summed E-state index contributed by atoms with van der Waals surface area (Å²) in [6, 6.07) is 12.7. The van der Waals surface area contributed by atoms with Crippen LogP contribution < -0.4 is 14.4 Å². The highest BCUT2D eigenvalue weighted by Crippen LogP contribution is 2.49. The van der Waals surface area contributed by atoms with E-state index >= 15 is 0 Å². The quantitative estimate of drug-likeness (QED) is 0.269. The minimum Gasteiger partial charge on any atom is -0.497 e. The van der Waals surface area contributed by atoms with E-state index in [1.54, 1.807) is 14.2 Å². The molecule has 3 nitrogen and oxygen atoms in total. The summed E-state index contributed by atoms with van der Waals surface area (Å²) in [4.78, 5) is 2.46. The molecule has 0 saturated carbocycles. The average molecular weight is 565 g/mol. The number of aryl methyl sites for hydroxylation is 1. The van der Waals surface area contributed by atoms with Gasteiger partial charge in [0.2, 0.25) is 0 Å². The zero-order valence-electron chi connectivity index (χ0n) is 23.7.